The van der Waals surface area contributed by atoms with Gasteiger partial charge in [-0.25, -0.2) is 8.42 Å². The number of benzene rings is 2. The third kappa shape index (κ3) is 4.12. The van der Waals surface area contributed by atoms with Gasteiger partial charge >= 0.3 is 0 Å². The fourth-order valence-corrected chi connectivity index (χ4v) is 3.43. The van der Waals surface area contributed by atoms with Crippen molar-refractivity contribution < 1.29 is 13.2 Å². The Kier molecular flexibility index (Phi) is 5.13. The minimum Gasteiger partial charge on any atom is -0.492 e. The van der Waals surface area contributed by atoms with Gasteiger partial charge in [-0.3, -0.25) is 4.72 Å². The smallest absolute Gasteiger partial charge is 0.265 e. The van der Waals surface area contributed by atoms with Gasteiger partial charge in [0.2, 0.25) is 0 Å². The molecule has 0 heterocycles. The lowest BCUT2D eigenvalue weighted by atomic mass is 10.3. The highest BCUT2D eigenvalue weighted by atomic mass is 79.9. The maximum absolute atomic E-state index is 12.5. The van der Waals surface area contributed by atoms with Crippen LogP contribution in [0.1, 0.15) is 6.92 Å². The molecule has 21 heavy (non-hydrogen) atoms. The number of anilines is 1. The molecule has 7 heteroatoms. The Bertz CT molecular complexity index is 732. The predicted octanol–water partition coefficient (Wildman–Crippen LogP) is 4.30. The van der Waals surface area contributed by atoms with Crippen LogP contribution in [0, 0.1) is 0 Å². The van der Waals surface area contributed by atoms with Crippen LogP contribution in [0.4, 0.5) is 5.69 Å². The molecule has 0 aliphatic heterocycles. The molecule has 2 aromatic rings. The van der Waals surface area contributed by atoms with E-state index >= 15 is 0 Å². The highest BCUT2D eigenvalue weighted by Crippen LogP contribution is 2.29. The highest BCUT2D eigenvalue weighted by molar-refractivity contribution is 9.10. The number of rotatable bonds is 5. The van der Waals surface area contributed by atoms with Crippen LogP contribution in [0.15, 0.2) is 51.8 Å². The molecule has 112 valence electrons. The third-order valence-electron chi connectivity index (χ3n) is 2.59. The zero-order valence-corrected chi connectivity index (χ0v) is 14.3. The SMILES string of the molecule is CCOc1ccc(Cl)cc1S(=O)(=O)Nc1ccc(Br)cc1. The Morgan fingerprint density at radius 3 is 2.48 bits per heavy atom. The molecule has 2 rings (SSSR count). The van der Waals surface area contributed by atoms with Crippen LogP contribution >= 0.6 is 27.5 Å². The Morgan fingerprint density at radius 1 is 1.19 bits per heavy atom. The van der Waals surface area contributed by atoms with Gasteiger partial charge in [0, 0.05) is 15.2 Å². The molecule has 0 aliphatic carbocycles. The van der Waals surface area contributed by atoms with Gasteiger partial charge in [0.25, 0.3) is 10.0 Å². The summed E-state index contributed by atoms with van der Waals surface area (Å²) in [7, 11) is -3.78. The van der Waals surface area contributed by atoms with E-state index in [0.29, 0.717) is 17.3 Å². The van der Waals surface area contributed by atoms with E-state index in [4.69, 9.17) is 16.3 Å². The third-order valence-corrected chi connectivity index (χ3v) is 4.76. The van der Waals surface area contributed by atoms with E-state index in [1.807, 2.05) is 0 Å². The fourth-order valence-electron chi connectivity index (χ4n) is 1.69. The van der Waals surface area contributed by atoms with Gasteiger partial charge in [-0.1, -0.05) is 27.5 Å². The second-order valence-electron chi connectivity index (χ2n) is 4.14. The maximum atomic E-state index is 12.5. The van der Waals surface area contributed by atoms with Gasteiger partial charge in [0.15, 0.2) is 0 Å². The largest absolute Gasteiger partial charge is 0.492 e. The first-order valence-electron chi connectivity index (χ1n) is 6.13. The summed E-state index contributed by atoms with van der Waals surface area (Å²) in [6.07, 6.45) is 0. The molecule has 0 atom stereocenters. The van der Waals surface area contributed by atoms with E-state index in [9.17, 15) is 8.42 Å². The molecule has 0 aromatic heterocycles. The van der Waals surface area contributed by atoms with E-state index in [0.717, 1.165) is 4.47 Å². The van der Waals surface area contributed by atoms with Crippen molar-refractivity contribution in [1.82, 2.24) is 0 Å². The van der Waals surface area contributed by atoms with Crippen LogP contribution in [0.3, 0.4) is 0 Å². The number of nitrogens with one attached hydrogen (secondary N) is 1. The van der Waals surface area contributed by atoms with Crippen LogP contribution in [0.2, 0.25) is 5.02 Å². The van der Waals surface area contributed by atoms with Crippen molar-refractivity contribution in [2.75, 3.05) is 11.3 Å². The minimum absolute atomic E-state index is 0.0137. The molecule has 0 saturated carbocycles. The lowest BCUT2D eigenvalue weighted by Crippen LogP contribution is -2.14. The molecule has 0 radical (unpaired) electrons. The fraction of sp³-hybridized carbons (Fsp3) is 0.143. The van der Waals surface area contributed by atoms with Gasteiger partial charge < -0.3 is 4.74 Å². The van der Waals surface area contributed by atoms with Crippen molar-refractivity contribution in [2.24, 2.45) is 0 Å². The van der Waals surface area contributed by atoms with Crippen LogP contribution < -0.4 is 9.46 Å². The lowest BCUT2D eigenvalue weighted by molar-refractivity contribution is 0.331. The average molecular weight is 391 g/mol. The average Bonchev–Trinajstić information content (AvgIpc) is 2.43. The molecule has 2 aromatic carbocycles. The molecular formula is C14H13BrClNO3S. The number of sulfonamides is 1. The molecule has 0 saturated heterocycles. The van der Waals surface area contributed by atoms with E-state index in [1.165, 1.54) is 6.07 Å². The summed E-state index contributed by atoms with van der Waals surface area (Å²) < 4.78 is 33.7. The van der Waals surface area contributed by atoms with Crippen molar-refractivity contribution in [1.29, 1.82) is 0 Å². The minimum atomic E-state index is -3.78. The number of hydrogen-bond donors (Lipinski definition) is 1. The first-order chi connectivity index (χ1) is 9.92. The van der Waals surface area contributed by atoms with Crippen molar-refractivity contribution in [2.45, 2.75) is 11.8 Å². The molecule has 1 N–H and O–H groups in total. The van der Waals surface area contributed by atoms with E-state index in [-0.39, 0.29) is 10.6 Å². The summed E-state index contributed by atoms with van der Waals surface area (Å²) in [4.78, 5) is 0.0137. The molecule has 0 amide bonds. The summed E-state index contributed by atoms with van der Waals surface area (Å²) >= 11 is 9.19. The summed E-state index contributed by atoms with van der Waals surface area (Å²) in [6.45, 7) is 2.15. The zero-order chi connectivity index (χ0) is 15.5. The van der Waals surface area contributed by atoms with Crippen LogP contribution in [0.25, 0.3) is 0 Å². The van der Waals surface area contributed by atoms with Crippen molar-refractivity contribution in [3.8, 4) is 5.75 Å². The predicted molar refractivity (Wildman–Crippen MR) is 87.6 cm³/mol. The number of hydrogen-bond acceptors (Lipinski definition) is 3. The molecule has 0 bridgehead atoms. The Labute approximate surface area is 137 Å². The second kappa shape index (κ2) is 6.68. The molecule has 0 unspecified atom stereocenters. The van der Waals surface area contributed by atoms with Crippen molar-refractivity contribution >= 4 is 43.2 Å². The standard InChI is InChI=1S/C14H13BrClNO3S/c1-2-20-13-8-5-11(16)9-14(13)21(18,19)17-12-6-3-10(15)4-7-12/h3-9,17H,2H2,1H3. The van der Waals surface area contributed by atoms with E-state index < -0.39 is 10.0 Å². The van der Waals surface area contributed by atoms with Crippen molar-refractivity contribution in [3.63, 3.8) is 0 Å². The van der Waals surface area contributed by atoms with Crippen LogP contribution in [0.5, 0.6) is 5.75 Å². The molecule has 0 fully saturated rings. The number of ether oxygens (including phenoxy) is 1. The van der Waals surface area contributed by atoms with E-state index in [2.05, 4.69) is 20.7 Å². The summed E-state index contributed by atoms with van der Waals surface area (Å²) in [6, 6.07) is 11.3. The van der Waals surface area contributed by atoms with Crippen molar-refractivity contribution in [3.05, 3.63) is 52.0 Å². The van der Waals surface area contributed by atoms with Gasteiger partial charge in [-0.15, -0.1) is 0 Å². The van der Waals surface area contributed by atoms with Crippen LogP contribution in [-0.4, -0.2) is 15.0 Å². The highest BCUT2D eigenvalue weighted by Gasteiger charge is 2.20. The molecule has 0 aliphatic rings. The molecule has 0 spiro atoms. The number of halogens is 2. The summed E-state index contributed by atoms with van der Waals surface area (Å²) in [5, 5.41) is 0.328. The van der Waals surface area contributed by atoms with E-state index in [1.54, 1.807) is 43.3 Å². The van der Waals surface area contributed by atoms with Gasteiger partial charge in [0.05, 0.1) is 6.61 Å². The first kappa shape index (κ1) is 16.1. The first-order valence-corrected chi connectivity index (χ1v) is 8.78. The summed E-state index contributed by atoms with van der Waals surface area (Å²) in [5.41, 5.74) is 0.459. The summed E-state index contributed by atoms with van der Waals surface area (Å²) in [5.74, 6) is 0.270. The lowest BCUT2D eigenvalue weighted by Gasteiger charge is -2.13. The maximum Gasteiger partial charge on any atom is 0.265 e. The van der Waals surface area contributed by atoms with Gasteiger partial charge in [0.1, 0.15) is 10.6 Å². The van der Waals surface area contributed by atoms with Gasteiger partial charge in [-0.2, -0.15) is 0 Å². The second-order valence-corrected chi connectivity index (χ2v) is 7.14. The monoisotopic (exact) mass is 389 g/mol. The Balaban J connectivity index is 2.39. The van der Waals surface area contributed by atoms with Gasteiger partial charge in [-0.05, 0) is 49.4 Å². The quantitative estimate of drug-likeness (QED) is 0.828. The zero-order valence-electron chi connectivity index (χ0n) is 11.1. The Hall–Kier alpha value is -1.24. The topological polar surface area (TPSA) is 55.4 Å². The Morgan fingerprint density at radius 2 is 1.86 bits per heavy atom. The molecule has 4 nitrogen and oxygen atoms in total. The molecular weight excluding hydrogens is 378 g/mol. The van der Waals surface area contributed by atoms with Crippen LogP contribution in [-0.2, 0) is 10.0 Å². The normalized spacial score (nSPS) is 11.2.